The number of aliphatic hydroxyl groups is 2. The van der Waals surface area contributed by atoms with Crippen molar-refractivity contribution in [2.75, 3.05) is 26.4 Å². The molecule has 0 aliphatic rings. The molecular weight excluding hydrogens is 729 g/mol. The molecule has 11 heteroatoms. The van der Waals surface area contributed by atoms with Crippen LogP contribution in [0.25, 0.3) is 0 Å². The maximum absolute atomic E-state index is 12.4. The second kappa shape index (κ2) is 40.6. The van der Waals surface area contributed by atoms with Crippen LogP contribution in [0.5, 0.6) is 0 Å². The van der Waals surface area contributed by atoms with Crippen molar-refractivity contribution in [3.05, 3.63) is 85.3 Å². The molecule has 0 radical (unpaired) electrons. The molecule has 10 nitrogen and oxygen atoms in total. The van der Waals surface area contributed by atoms with Crippen LogP contribution in [-0.2, 0) is 27.9 Å². The third-order valence-corrected chi connectivity index (χ3v) is 9.57. The molecule has 0 saturated heterocycles. The highest BCUT2D eigenvalue weighted by Gasteiger charge is 2.24. The zero-order valence-corrected chi connectivity index (χ0v) is 35.7. The molecule has 0 spiro atoms. The van der Waals surface area contributed by atoms with Crippen molar-refractivity contribution >= 4 is 13.8 Å². The Morgan fingerprint density at radius 2 is 1.29 bits per heavy atom. The van der Waals surface area contributed by atoms with Gasteiger partial charge in [-0.25, -0.2) is 4.57 Å². The molecule has 0 aliphatic heterocycles. The van der Waals surface area contributed by atoms with E-state index in [1.165, 1.54) is 83.3 Å². The summed E-state index contributed by atoms with van der Waals surface area (Å²) in [5.41, 5.74) is 5.35. The van der Waals surface area contributed by atoms with Crippen molar-refractivity contribution < 1.29 is 43.0 Å². The highest BCUT2D eigenvalue weighted by molar-refractivity contribution is 7.47. The topological polar surface area (TPSA) is 158 Å². The summed E-state index contributed by atoms with van der Waals surface area (Å²) < 4.78 is 33.0. The summed E-state index contributed by atoms with van der Waals surface area (Å²) in [5, 5.41) is 20.0. The Bertz CT molecular complexity index is 1160. The molecule has 0 aromatic rings. The lowest BCUT2D eigenvalue weighted by Gasteiger charge is -2.19. The molecule has 4 atom stereocenters. The lowest BCUT2D eigenvalue weighted by Crippen LogP contribution is -2.25. The number of hydrogen-bond acceptors (Lipinski definition) is 9. The average Bonchev–Trinajstić information content (AvgIpc) is 3.18. The Hall–Kier alpha value is -2.56. The van der Waals surface area contributed by atoms with Gasteiger partial charge in [0.2, 0.25) is 0 Å². The van der Waals surface area contributed by atoms with Gasteiger partial charge >= 0.3 is 13.8 Å². The normalized spacial score (nSPS) is 15.4. The number of esters is 1. The van der Waals surface area contributed by atoms with Gasteiger partial charge in [-0.1, -0.05) is 170 Å². The zero-order chi connectivity index (χ0) is 41.2. The van der Waals surface area contributed by atoms with E-state index in [4.69, 9.17) is 24.3 Å². The summed E-state index contributed by atoms with van der Waals surface area (Å²) in [6.45, 7) is 3.79. The lowest BCUT2D eigenvalue weighted by molar-refractivity contribution is -0.147. The van der Waals surface area contributed by atoms with Crippen LogP contribution in [0, 0.1) is 0 Å². The van der Waals surface area contributed by atoms with Gasteiger partial charge < -0.3 is 30.3 Å². The predicted molar refractivity (Wildman–Crippen MR) is 231 cm³/mol. The van der Waals surface area contributed by atoms with E-state index in [-0.39, 0.29) is 32.8 Å². The average molecular weight is 808 g/mol. The molecule has 0 aliphatic carbocycles. The van der Waals surface area contributed by atoms with Crippen LogP contribution in [0.15, 0.2) is 85.3 Å². The van der Waals surface area contributed by atoms with Crippen molar-refractivity contribution in [2.24, 2.45) is 5.73 Å². The van der Waals surface area contributed by atoms with Gasteiger partial charge in [0.05, 0.1) is 31.7 Å². The third-order valence-electron chi connectivity index (χ3n) is 8.59. The number of unbranched alkanes of at least 4 members (excludes halogenated alkanes) is 15. The largest absolute Gasteiger partial charge is 0.492 e. The van der Waals surface area contributed by atoms with E-state index in [1.54, 1.807) is 24.3 Å². The smallest absolute Gasteiger partial charge is 0.472 e. The van der Waals surface area contributed by atoms with Crippen LogP contribution in [0.4, 0.5) is 0 Å². The maximum atomic E-state index is 12.4. The number of phosphoric ester groups is 1. The van der Waals surface area contributed by atoms with E-state index in [1.807, 2.05) is 54.7 Å². The SMILES string of the molecule is CC/C=C\C[C@@H](O)/C=C/C=C\C/C=C\C=C\[C@@H](O)/C=C\CCCC(=O)OC[C@H](COP(=O)(O)OCCN)O/C=C/CCCCCCCCCCCCCCCC. The van der Waals surface area contributed by atoms with Gasteiger partial charge in [-0.05, 0) is 51.0 Å². The number of ether oxygens (including phenoxy) is 2. The van der Waals surface area contributed by atoms with Crippen molar-refractivity contribution in [1.82, 2.24) is 0 Å². The van der Waals surface area contributed by atoms with E-state index in [9.17, 15) is 24.5 Å². The Morgan fingerprint density at radius 1 is 0.679 bits per heavy atom. The van der Waals surface area contributed by atoms with Crippen LogP contribution in [-0.4, -0.2) is 65.8 Å². The maximum Gasteiger partial charge on any atom is 0.472 e. The highest BCUT2D eigenvalue weighted by atomic mass is 31.2. The number of allylic oxidation sites excluding steroid dienone is 9. The van der Waals surface area contributed by atoms with Gasteiger partial charge in [-0.2, -0.15) is 0 Å². The number of nitrogens with two attached hydrogens (primary N) is 1. The molecule has 0 aromatic carbocycles. The van der Waals surface area contributed by atoms with Crippen molar-refractivity contribution in [3.63, 3.8) is 0 Å². The molecule has 0 rings (SSSR count). The highest BCUT2D eigenvalue weighted by Crippen LogP contribution is 2.43. The van der Waals surface area contributed by atoms with E-state index in [2.05, 4.69) is 13.8 Å². The van der Waals surface area contributed by atoms with Crippen molar-refractivity contribution in [1.29, 1.82) is 0 Å². The summed E-state index contributed by atoms with van der Waals surface area (Å²) in [5.74, 6) is -0.430. The minimum absolute atomic E-state index is 0.0677. The number of hydrogen-bond donors (Lipinski definition) is 4. The number of rotatable bonds is 39. The molecule has 0 amide bonds. The van der Waals surface area contributed by atoms with Gasteiger partial charge in [-0.3, -0.25) is 13.8 Å². The van der Waals surface area contributed by atoms with Crippen LogP contribution >= 0.6 is 7.82 Å². The fourth-order valence-electron chi connectivity index (χ4n) is 5.37. The standard InChI is InChI=1S/C45H78NO9P/c1-3-5-7-8-9-10-11-12-13-14-15-16-17-21-24-31-38-52-44(41-55-56(50,51)54-39-37-46)40-53-45(49)36-30-25-29-35-43(48)34-28-23-20-18-19-22-27-33-42(47)32-26-6-4-2/h6,19-20,22-23,26-29,31,33-35,38,42-44,47-48H,3-5,7-18,21,24-25,30,32,36-37,39-41,46H2,1-2H3,(H,50,51)/b22-19-,23-20-,26-6-,33-27+,34-28+,35-29-,38-31+/t42-,43-,44-/m1/s1. The molecule has 0 aromatic heterocycles. The Morgan fingerprint density at radius 3 is 1.91 bits per heavy atom. The molecule has 322 valence electrons. The molecule has 0 bridgehead atoms. The fourth-order valence-corrected chi connectivity index (χ4v) is 6.13. The summed E-state index contributed by atoms with van der Waals surface area (Å²) >= 11 is 0. The van der Waals surface area contributed by atoms with Gasteiger partial charge in [0.15, 0.2) is 6.10 Å². The van der Waals surface area contributed by atoms with Crippen LogP contribution in [0.1, 0.15) is 149 Å². The fraction of sp³-hybridized carbons (Fsp3) is 0.667. The first-order valence-electron chi connectivity index (χ1n) is 21.4. The molecule has 5 N–H and O–H groups in total. The Balaban J connectivity index is 4.36. The zero-order valence-electron chi connectivity index (χ0n) is 34.8. The first kappa shape index (κ1) is 53.4. The van der Waals surface area contributed by atoms with Crippen molar-refractivity contribution in [3.8, 4) is 0 Å². The Labute approximate surface area is 340 Å². The Kier molecular flexibility index (Phi) is 38.8. The number of phosphoric acid groups is 1. The summed E-state index contributed by atoms with van der Waals surface area (Å²) in [7, 11) is -4.32. The monoisotopic (exact) mass is 808 g/mol. The minimum atomic E-state index is -4.32. The van der Waals surface area contributed by atoms with E-state index >= 15 is 0 Å². The second-order valence-corrected chi connectivity index (χ2v) is 15.4. The number of carbonyl (C=O) groups excluding carboxylic acids is 1. The molecule has 56 heavy (non-hydrogen) atoms. The molecule has 0 saturated carbocycles. The molecular formula is C45H78NO9P. The third kappa shape index (κ3) is 39.7. The van der Waals surface area contributed by atoms with Gasteiger partial charge in [0.1, 0.15) is 6.61 Å². The predicted octanol–water partition coefficient (Wildman–Crippen LogP) is 10.8. The number of carbonyl (C=O) groups is 1. The summed E-state index contributed by atoms with van der Waals surface area (Å²) in [4.78, 5) is 22.3. The van der Waals surface area contributed by atoms with E-state index in [0.717, 1.165) is 32.1 Å². The van der Waals surface area contributed by atoms with Crippen molar-refractivity contribution in [2.45, 2.75) is 167 Å². The summed E-state index contributed by atoms with van der Waals surface area (Å²) in [6, 6.07) is 0. The van der Waals surface area contributed by atoms with Crippen LogP contribution in [0.2, 0.25) is 0 Å². The first-order chi connectivity index (χ1) is 27.2. The van der Waals surface area contributed by atoms with E-state index in [0.29, 0.717) is 19.3 Å². The minimum Gasteiger partial charge on any atom is -0.492 e. The van der Waals surface area contributed by atoms with Gasteiger partial charge in [-0.15, -0.1) is 0 Å². The molecule has 0 fully saturated rings. The lowest BCUT2D eigenvalue weighted by atomic mass is 10.0. The van der Waals surface area contributed by atoms with Crippen LogP contribution in [0.3, 0.4) is 0 Å². The first-order valence-corrected chi connectivity index (χ1v) is 22.9. The van der Waals surface area contributed by atoms with Gasteiger partial charge in [0, 0.05) is 13.0 Å². The molecule has 1 unspecified atom stereocenters. The number of aliphatic hydroxyl groups excluding tert-OH is 2. The van der Waals surface area contributed by atoms with Gasteiger partial charge in [0.25, 0.3) is 0 Å². The second-order valence-electron chi connectivity index (χ2n) is 13.9. The van der Waals surface area contributed by atoms with Crippen LogP contribution < -0.4 is 5.73 Å². The van der Waals surface area contributed by atoms with E-state index < -0.39 is 32.1 Å². The summed E-state index contributed by atoms with van der Waals surface area (Å²) in [6.07, 6.45) is 46.3. The molecule has 0 heterocycles. The quantitative estimate of drug-likeness (QED) is 0.0118.